The van der Waals surface area contributed by atoms with E-state index in [1.807, 2.05) is 0 Å². The fraction of sp³-hybridized carbons (Fsp3) is 0.455. The lowest BCUT2D eigenvalue weighted by atomic mass is 10.1. The van der Waals surface area contributed by atoms with E-state index in [4.69, 9.17) is 11.6 Å². The van der Waals surface area contributed by atoms with E-state index < -0.39 is 10.8 Å². The van der Waals surface area contributed by atoms with Gasteiger partial charge in [-0.05, 0) is 25.0 Å². The van der Waals surface area contributed by atoms with Crippen LogP contribution in [-0.2, 0) is 10.8 Å². The molecule has 0 saturated carbocycles. The van der Waals surface area contributed by atoms with Gasteiger partial charge < -0.3 is 5.32 Å². The highest BCUT2D eigenvalue weighted by Crippen LogP contribution is 2.11. The van der Waals surface area contributed by atoms with E-state index in [1.165, 1.54) is 6.20 Å². The second kappa shape index (κ2) is 5.60. The van der Waals surface area contributed by atoms with Crippen molar-refractivity contribution in [2.75, 3.05) is 11.5 Å². The molecule has 1 aliphatic rings. The number of pyridine rings is 1. The lowest BCUT2D eigenvalue weighted by molar-refractivity contribution is 0.0934. The van der Waals surface area contributed by atoms with Gasteiger partial charge in [0.15, 0.2) is 0 Å². The monoisotopic (exact) mass is 272 g/mol. The van der Waals surface area contributed by atoms with E-state index >= 15 is 0 Å². The summed E-state index contributed by atoms with van der Waals surface area (Å²) in [6.07, 6.45) is 3.01. The highest BCUT2D eigenvalue weighted by Gasteiger charge is 2.20. The minimum absolute atomic E-state index is 0.121. The van der Waals surface area contributed by atoms with Crippen molar-refractivity contribution in [3.05, 3.63) is 29.0 Å². The summed E-state index contributed by atoms with van der Waals surface area (Å²) >= 11 is 5.65. The van der Waals surface area contributed by atoms with Gasteiger partial charge in [0.2, 0.25) is 0 Å². The molecule has 0 bridgehead atoms. The molecule has 0 aromatic carbocycles. The molecule has 1 saturated heterocycles. The summed E-state index contributed by atoms with van der Waals surface area (Å²) in [5.41, 5.74) is 0.501. The molecule has 1 fully saturated rings. The molecule has 4 nitrogen and oxygen atoms in total. The number of hydrogen-bond acceptors (Lipinski definition) is 3. The Morgan fingerprint density at radius 3 is 2.71 bits per heavy atom. The molecule has 2 heterocycles. The third-order valence-electron chi connectivity index (χ3n) is 2.71. The second-order valence-corrected chi connectivity index (χ2v) is 6.05. The van der Waals surface area contributed by atoms with E-state index in [2.05, 4.69) is 10.3 Å². The second-order valence-electron chi connectivity index (χ2n) is 3.97. The summed E-state index contributed by atoms with van der Waals surface area (Å²) in [5, 5.41) is 3.29. The number of carbonyl (C=O) groups is 1. The zero-order valence-corrected chi connectivity index (χ0v) is 10.8. The summed E-state index contributed by atoms with van der Waals surface area (Å²) in [6, 6.07) is 3.36. The maximum atomic E-state index is 11.8. The van der Waals surface area contributed by atoms with Crippen LogP contribution in [0.25, 0.3) is 0 Å². The van der Waals surface area contributed by atoms with Gasteiger partial charge in [0.25, 0.3) is 5.91 Å². The number of amides is 1. The van der Waals surface area contributed by atoms with E-state index in [9.17, 15) is 9.00 Å². The molecule has 0 unspecified atom stereocenters. The van der Waals surface area contributed by atoms with Gasteiger partial charge in [0, 0.05) is 34.5 Å². The third-order valence-corrected chi connectivity index (χ3v) is 4.32. The van der Waals surface area contributed by atoms with Crippen molar-refractivity contribution in [2.45, 2.75) is 18.9 Å². The Bertz CT molecular complexity index is 426. The summed E-state index contributed by atoms with van der Waals surface area (Å²) in [4.78, 5) is 15.7. The maximum absolute atomic E-state index is 11.8. The average molecular weight is 273 g/mol. The Hall–Kier alpha value is -0.940. The van der Waals surface area contributed by atoms with Gasteiger partial charge in [-0.2, -0.15) is 0 Å². The van der Waals surface area contributed by atoms with Gasteiger partial charge in [0.05, 0.1) is 5.56 Å². The molecule has 1 N–H and O–H groups in total. The van der Waals surface area contributed by atoms with Crippen LogP contribution in [0.5, 0.6) is 0 Å². The Morgan fingerprint density at radius 2 is 2.12 bits per heavy atom. The molecule has 92 valence electrons. The SMILES string of the molecule is O=C(NC1CCS(=O)CC1)c1ccc(Cl)nc1. The van der Waals surface area contributed by atoms with Gasteiger partial charge in [-0.3, -0.25) is 9.00 Å². The molecule has 1 aliphatic heterocycles. The standard InChI is InChI=1S/C11H13ClN2O2S/c12-10-2-1-8(7-13-10)11(15)14-9-3-5-17(16)6-4-9/h1-2,7,9H,3-6H2,(H,14,15). The number of aromatic nitrogens is 1. The van der Waals surface area contributed by atoms with E-state index in [1.54, 1.807) is 12.1 Å². The molecule has 17 heavy (non-hydrogen) atoms. The van der Waals surface area contributed by atoms with Crippen molar-refractivity contribution in [1.29, 1.82) is 0 Å². The van der Waals surface area contributed by atoms with Gasteiger partial charge in [0.1, 0.15) is 5.15 Å². The molecule has 0 radical (unpaired) electrons. The van der Waals surface area contributed by atoms with Crippen molar-refractivity contribution >= 4 is 28.3 Å². The number of nitrogens with zero attached hydrogens (tertiary/aromatic N) is 1. The smallest absolute Gasteiger partial charge is 0.253 e. The Morgan fingerprint density at radius 1 is 1.41 bits per heavy atom. The average Bonchev–Trinajstić information content (AvgIpc) is 2.33. The topological polar surface area (TPSA) is 59.1 Å². The zero-order valence-electron chi connectivity index (χ0n) is 9.19. The van der Waals surface area contributed by atoms with E-state index in [-0.39, 0.29) is 11.9 Å². The molecule has 6 heteroatoms. The predicted octanol–water partition coefficient (Wildman–Crippen LogP) is 1.38. The van der Waals surface area contributed by atoms with Crippen LogP contribution in [0.2, 0.25) is 5.15 Å². The summed E-state index contributed by atoms with van der Waals surface area (Å²) in [6.45, 7) is 0. The fourth-order valence-electron chi connectivity index (χ4n) is 1.72. The first-order valence-electron chi connectivity index (χ1n) is 5.42. The van der Waals surface area contributed by atoms with Gasteiger partial charge in [-0.1, -0.05) is 11.6 Å². The number of hydrogen-bond donors (Lipinski definition) is 1. The minimum Gasteiger partial charge on any atom is -0.349 e. The lowest BCUT2D eigenvalue weighted by Crippen LogP contribution is -2.39. The highest BCUT2D eigenvalue weighted by molar-refractivity contribution is 7.85. The van der Waals surface area contributed by atoms with E-state index in [0.29, 0.717) is 22.2 Å². The Kier molecular flexibility index (Phi) is 4.12. The first-order chi connectivity index (χ1) is 8.15. The van der Waals surface area contributed by atoms with Crippen LogP contribution < -0.4 is 5.32 Å². The molecular formula is C11H13ClN2O2S. The van der Waals surface area contributed by atoms with Crippen molar-refractivity contribution in [1.82, 2.24) is 10.3 Å². The summed E-state index contributed by atoms with van der Waals surface area (Å²) in [5.74, 6) is 1.19. The predicted molar refractivity (Wildman–Crippen MR) is 67.6 cm³/mol. The summed E-state index contributed by atoms with van der Waals surface area (Å²) < 4.78 is 11.2. The molecule has 0 atom stereocenters. The highest BCUT2D eigenvalue weighted by atomic mass is 35.5. The molecule has 1 aromatic heterocycles. The quantitative estimate of drug-likeness (QED) is 0.828. The van der Waals surface area contributed by atoms with Gasteiger partial charge >= 0.3 is 0 Å². The fourth-order valence-corrected chi connectivity index (χ4v) is 3.13. The van der Waals surface area contributed by atoms with E-state index in [0.717, 1.165) is 12.8 Å². The normalized spacial score (nSPS) is 24.3. The first-order valence-corrected chi connectivity index (χ1v) is 7.29. The number of rotatable bonds is 2. The molecule has 2 rings (SSSR count). The Balaban J connectivity index is 1.93. The van der Waals surface area contributed by atoms with Crippen LogP contribution in [0.15, 0.2) is 18.3 Å². The molecule has 1 amide bonds. The van der Waals surface area contributed by atoms with Crippen LogP contribution in [0.1, 0.15) is 23.2 Å². The zero-order chi connectivity index (χ0) is 12.3. The maximum Gasteiger partial charge on any atom is 0.253 e. The van der Waals surface area contributed by atoms with Crippen molar-refractivity contribution in [3.63, 3.8) is 0 Å². The largest absolute Gasteiger partial charge is 0.349 e. The Labute approximate surface area is 107 Å². The van der Waals surface area contributed by atoms with Crippen LogP contribution >= 0.6 is 11.6 Å². The van der Waals surface area contributed by atoms with Crippen LogP contribution in [0, 0.1) is 0 Å². The number of nitrogens with one attached hydrogen (secondary N) is 1. The van der Waals surface area contributed by atoms with Crippen LogP contribution in [0.4, 0.5) is 0 Å². The van der Waals surface area contributed by atoms with Gasteiger partial charge in [-0.25, -0.2) is 4.98 Å². The third kappa shape index (κ3) is 3.51. The van der Waals surface area contributed by atoms with Crippen molar-refractivity contribution < 1.29 is 9.00 Å². The van der Waals surface area contributed by atoms with Crippen molar-refractivity contribution in [2.24, 2.45) is 0 Å². The van der Waals surface area contributed by atoms with Crippen LogP contribution in [0.3, 0.4) is 0 Å². The molecular weight excluding hydrogens is 260 g/mol. The van der Waals surface area contributed by atoms with Crippen molar-refractivity contribution in [3.8, 4) is 0 Å². The molecule has 0 spiro atoms. The van der Waals surface area contributed by atoms with Crippen LogP contribution in [-0.4, -0.2) is 32.6 Å². The number of halogens is 1. The summed E-state index contributed by atoms with van der Waals surface area (Å²) in [7, 11) is -0.704. The number of carbonyl (C=O) groups excluding carboxylic acids is 1. The molecule has 1 aromatic rings. The van der Waals surface area contributed by atoms with Gasteiger partial charge in [-0.15, -0.1) is 0 Å². The first kappa shape index (κ1) is 12.5. The lowest BCUT2D eigenvalue weighted by Gasteiger charge is -2.22. The molecule has 0 aliphatic carbocycles. The minimum atomic E-state index is -0.704.